The van der Waals surface area contributed by atoms with E-state index < -0.39 is 0 Å². The summed E-state index contributed by atoms with van der Waals surface area (Å²) in [7, 11) is 1.96. The maximum Gasteiger partial charge on any atom is 0.235 e. The van der Waals surface area contributed by atoms with E-state index in [1.54, 1.807) is 6.20 Å². The Morgan fingerprint density at radius 3 is 2.55 bits per heavy atom. The first-order valence-electron chi connectivity index (χ1n) is 9.39. The minimum absolute atomic E-state index is 0.177. The fourth-order valence-electron chi connectivity index (χ4n) is 3.30. The summed E-state index contributed by atoms with van der Waals surface area (Å²) in [5.74, 6) is 2.77. The molecule has 144 valence electrons. The summed E-state index contributed by atoms with van der Waals surface area (Å²) in [6, 6.07) is 21.5. The number of hydrogen-bond acceptors (Lipinski definition) is 5. The van der Waals surface area contributed by atoms with Gasteiger partial charge in [-0.15, -0.1) is 0 Å². The minimum atomic E-state index is -0.177. The average molecular weight is 385 g/mol. The van der Waals surface area contributed by atoms with Gasteiger partial charge in [0.15, 0.2) is 6.10 Å². The summed E-state index contributed by atoms with van der Waals surface area (Å²) in [6.07, 6.45) is 4.06. The van der Waals surface area contributed by atoms with Crippen molar-refractivity contribution in [3.8, 4) is 17.2 Å². The van der Waals surface area contributed by atoms with Gasteiger partial charge in [-0.2, -0.15) is 0 Å². The predicted octanol–water partition coefficient (Wildman–Crippen LogP) is 5.22. The Morgan fingerprint density at radius 2 is 1.72 bits per heavy atom. The Hall–Kier alpha value is -3.80. The highest BCUT2D eigenvalue weighted by Crippen LogP contribution is 2.31. The van der Waals surface area contributed by atoms with Crippen LogP contribution in [-0.4, -0.2) is 15.4 Å². The highest BCUT2D eigenvalue weighted by molar-refractivity contribution is 5.82. The molecule has 2 aromatic carbocycles. The van der Waals surface area contributed by atoms with Crippen molar-refractivity contribution in [2.75, 3.05) is 0 Å². The van der Waals surface area contributed by atoms with Gasteiger partial charge in [0.2, 0.25) is 5.90 Å². The van der Waals surface area contributed by atoms with Crippen LogP contribution >= 0.6 is 0 Å². The predicted molar refractivity (Wildman–Crippen MR) is 110 cm³/mol. The fourth-order valence-corrected chi connectivity index (χ4v) is 3.30. The maximum absolute atomic E-state index is 5.88. The Labute approximate surface area is 168 Å². The van der Waals surface area contributed by atoms with Crippen molar-refractivity contribution in [2.45, 2.75) is 12.5 Å². The van der Waals surface area contributed by atoms with E-state index in [-0.39, 0.29) is 6.10 Å². The van der Waals surface area contributed by atoms with E-state index in [1.807, 2.05) is 84.5 Å². The number of nitrogens with zero attached hydrogens (tertiary/aromatic N) is 3. The van der Waals surface area contributed by atoms with E-state index in [0.717, 1.165) is 28.1 Å². The molecule has 1 aliphatic rings. The second-order valence-electron chi connectivity index (χ2n) is 6.88. The van der Waals surface area contributed by atoms with Crippen LogP contribution in [0.4, 0.5) is 0 Å². The lowest BCUT2D eigenvalue weighted by Gasteiger charge is -2.10. The van der Waals surface area contributed by atoms with Crippen molar-refractivity contribution >= 4 is 16.9 Å². The second kappa shape index (κ2) is 7.31. The molecule has 6 nitrogen and oxygen atoms in total. The van der Waals surface area contributed by atoms with Crippen LogP contribution in [0.5, 0.6) is 17.2 Å². The number of pyridine rings is 1. The largest absolute Gasteiger partial charge is 0.457 e. The van der Waals surface area contributed by atoms with Crippen molar-refractivity contribution < 1.29 is 14.3 Å². The SMILES string of the molecule is Cn1ccc2cc(OC3=NO[C@@H](c4ccc(Oc5ccccc5)cc4)C3)cnc21. The fraction of sp³-hybridized carbons (Fsp3) is 0.130. The summed E-state index contributed by atoms with van der Waals surface area (Å²) >= 11 is 0. The zero-order valence-electron chi connectivity index (χ0n) is 15.9. The van der Waals surface area contributed by atoms with E-state index >= 15 is 0 Å². The van der Waals surface area contributed by atoms with Gasteiger partial charge >= 0.3 is 0 Å². The van der Waals surface area contributed by atoms with Crippen LogP contribution < -0.4 is 9.47 Å². The molecule has 0 saturated carbocycles. The summed E-state index contributed by atoms with van der Waals surface area (Å²) in [5, 5.41) is 5.12. The van der Waals surface area contributed by atoms with Gasteiger partial charge in [-0.25, -0.2) is 4.98 Å². The zero-order chi connectivity index (χ0) is 19.6. The van der Waals surface area contributed by atoms with Gasteiger partial charge in [0.05, 0.1) is 12.6 Å². The van der Waals surface area contributed by atoms with Crippen LogP contribution in [0, 0.1) is 0 Å². The molecule has 4 aromatic rings. The highest BCUT2D eigenvalue weighted by atomic mass is 16.7. The third kappa shape index (κ3) is 3.65. The van der Waals surface area contributed by atoms with Crippen molar-refractivity contribution in [3.63, 3.8) is 0 Å². The molecule has 0 N–H and O–H groups in total. The van der Waals surface area contributed by atoms with E-state index in [1.165, 1.54) is 0 Å². The Kier molecular flexibility index (Phi) is 4.37. The molecular weight excluding hydrogens is 366 g/mol. The Bertz CT molecular complexity index is 1170. The standard InChI is InChI=1S/C23H19N3O3/c1-26-12-11-17-13-20(15-24-23(17)26)28-22-14-21(29-25-22)16-7-9-19(10-8-16)27-18-5-3-2-4-6-18/h2-13,15,21H,14H2,1H3/t21-/m1/s1. The monoisotopic (exact) mass is 385 g/mol. The number of aryl methyl sites for hydroxylation is 1. The van der Waals surface area contributed by atoms with Crippen LogP contribution in [-0.2, 0) is 11.9 Å². The highest BCUT2D eigenvalue weighted by Gasteiger charge is 2.24. The molecule has 0 amide bonds. The van der Waals surface area contributed by atoms with Gasteiger partial charge in [0.25, 0.3) is 0 Å². The van der Waals surface area contributed by atoms with Crippen LogP contribution in [0.1, 0.15) is 18.1 Å². The van der Waals surface area contributed by atoms with Gasteiger partial charge in [-0.3, -0.25) is 0 Å². The maximum atomic E-state index is 5.88. The van der Waals surface area contributed by atoms with Gasteiger partial charge in [-0.05, 0) is 42.0 Å². The first-order chi connectivity index (χ1) is 14.2. The number of ether oxygens (including phenoxy) is 2. The molecule has 0 radical (unpaired) electrons. The number of benzene rings is 2. The van der Waals surface area contributed by atoms with Crippen LogP contribution in [0.15, 0.2) is 84.3 Å². The molecule has 0 aliphatic carbocycles. The van der Waals surface area contributed by atoms with Gasteiger partial charge in [-0.1, -0.05) is 35.5 Å². The van der Waals surface area contributed by atoms with Crippen LogP contribution in [0.25, 0.3) is 11.0 Å². The molecule has 1 atom stereocenters. The third-order valence-corrected chi connectivity index (χ3v) is 4.79. The van der Waals surface area contributed by atoms with E-state index in [2.05, 4.69) is 10.1 Å². The van der Waals surface area contributed by atoms with Crippen molar-refractivity contribution in [2.24, 2.45) is 12.2 Å². The lowest BCUT2D eigenvalue weighted by molar-refractivity contribution is 0.0855. The number of fused-ring (bicyclic) bond motifs is 1. The molecule has 6 heteroatoms. The molecule has 1 aliphatic heterocycles. The summed E-state index contributed by atoms with van der Waals surface area (Å²) in [5.41, 5.74) is 1.93. The molecular formula is C23H19N3O3. The molecule has 2 aromatic heterocycles. The van der Waals surface area contributed by atoms with E-state index in [4.69, 9.17) is 14.3 Å². The third-order valence-electron chi connectivity index (χ3n) is 4.79. The Morgan fingerprint density at radius 1 is 0.931 bits per heavy atom. The number of rotatable bonds is 4. The van der Waals surface area contributed by atoms with Crippen LogP contribution in [0.2, 0.25) is 0 Å². The molecule has 3 heterocycles. The lowest BCUT2D eigenvalue weighted by atomic mass is 10.1. The smallest absolute Gasteiger partial charge is 0.235 e. The first kappa shape index (κ1) is 17.3. The van der Waals surface area contributed by atoms with Gasteiger partial charge in [0.1, 0.15) is 22.9 Å². The molecule has 0 saturated heterocycles. The molecule has 0 fully saturated rings. The molecule has 0 bridgehead atoms. The quantitative estimate of drug-likeness (QED) is 0.483. The number of hydrogen-bond donors (Lipinski definition) is 0. The van der Waals surface area contributed by atoms with Crippen molar-refractivity contribution in [1.82, 2.24) is 9.55 Å². The second-order valence-corrected chi connectivity index (χ2v) is 6.88. The normalized spacial score (nSPS) is 15.8. The zero-order valence-corrected chi connectivity index (χ0v) is 15.9. The van der Waals surface area contributed by atoms with Crippen LogP contribution in [0.3, 0.4) is 0 Å². The molecule has 5 rings (SSSR count). The summed E-state index contributed by atoms with van der Waals surface area (Å²) in [4.78, 5) is 10.0. The summed E-state index contributed by atoms with van der Waals surface area (Å²) < 4.78 is 13.7. The minimum Gasteiger partial charge on any atom is -0.457 e. The topological polar surface area (TPSA) is 57.9 Å². The van der Waals surface area contributed by atoms with Gasteiger partial charge in [0, 0.05) is 18.6 Å². The first-order valence-corrected chi connectivity index (χ1v) is 9.39. The average Bonchev–Trinajstić information content (AvgIpc) is 3.36. The molecule has 0 unspecified atom stereocenters. The van der Waals surface area contributed by atoms with Gasteiger partial charge < -0.3 is 18.9 Å². The molecule has 0 spiro atoms. The Balaban J connectivity index is 1.22. The van der Waals surface area contributed by atoms with Crippen molar-refractivity contribution in [1.29, 1.82) is 0 Å². The molecule has 29 heavy (non-hydrogen) atoms. The van der Waals surface area contributed by atoms with E-state index in [9.17, 15) is 0 Å². The summed E-state index contributed by atoms with van der Waals surface area (Å²) in [6.45, 7) is 0. The lowest BCUT2D eigenvalue weighted by Crippen LogP contribution is -2.07. The van der Waals surface area contributed by atoms with E-state index in [0.29, 0.717) is 18.1 Å². The van der Waals surface area contributed by atoms with Crippen molar-refractivity contribution in [3.05, 3.63) is 84.7 Å². The number of para-hydroxylation sites is 1. The number of oxime groups is 1. The number of aromatic nitrogens is 2.